The van der Waals surface area contributed by atoms with Crippen molar-refractivity contribution in [3.8, 4) is 0 Å². The summed E-state index contributed by atoms with van der Waals surface area (Å²) in [5.41, 5.74) is -0.166. The van der Waals surface area contributed by atoms with Gasteiger partial charge in [-0.15, -0.1) is 0 Å². The third kappa shape index (κ3) is 6.52. The van der Waals surface area contributed by atoms with Crippen LogP contribution in [0.4, 0.5) is 0 Å². The third-order valence-electron chi connectivity index (χ3n) is 4.94. The summed E-state index contributed by atoms with van der Waals surface area (Å²) in [4.78, 5) is 37.9. The van der Waals surface area contributed by atoms with Crippen LogP contribution in [-0.4, -0.2) is 79.4 Å². The molecule has 1 aliphatic rings. The first kappa shape index (κ1) is 25.8. The van der Waals surface area contributed by atoms with Gasteiger partial charge in [0.15, 0.2) is 12.4 Å². The summed E-state index contributed by atoms with van der Waals surface area (Å²) in [6, 6.07) is 0. The quantitative estimate of drug-likeness (QED) is 0.570. The Kier molecular flexibility index (Phi) is 8.05. The molecule has 2 rings (SSSR count). The summed E-state index contributed by atoms with van der Waals surface area (Å²) in [6.45, 7) is 8.07. The number of piperidine rings is 1. The molecule has 11 nitrogen and oxygen atoms in total. The second-order valence-corrected chi connectivity index (χ2v) is 10.9. The van der Waals surface area contributed by atoms with Gasteiger partial charge < -0.3 is 19.5 Å². The van der Waals surface area contributed by atoms with Crippen LogP contribution < -0.4 is 5.32 Å². The molecule has 0 saturated carbocycles. The Hall–Kier alpha value is -2.47. The van der Waals surface area contributed by atoms with E-state index in [-0.39, 0.29) is 41.9 Å². The van der Waals surface area contributed by atoms with E-state index in [4.69, 9.17) is 9.26 Å². The molecule has 0 aromatic carbocycles. The molecule has 1 saturated heterocycles. The minimum absolute atomic E-state index is 0.0110. The monoisotopic (exact) mass is 472 g/mol. The molecule has 180 valence electrons. The Balaban J connectivity index is 1.92. The van der Waals surface area contributed by atoms with Crippen LogP contribution in [0.1, 0.15) is 45.1 Å². The van der Waals surface area contributed by atoms with E-state index in [0.29, 0.717) is 12.8 Å². The number of rotatable bonds is 7. The van der Waals surface area contributed by atoms with Gasteiger partial charge in [-0.3, -0.25) is 14.4 Å². The zero-order valence-corrected chi connectivity index (χ0v) is 20.2. The molecule has 0 radical (unpaired) electrons. The number of nitrogens with one attached hydrogen (secondary N) is 1. The largest absolute Gasteiger partial charge is 0.455 e. The minimum atomic E-state index is -3.87. The topological polar surface area (TPSA) is 139 Å². The van der Waals surface area contributed by atoms with Gasteiger partial charge in [-0.05, 0) is 47.5 Å². The van der Waals surface area contributed by atoms with Crippen molar-refractivity contribution in [2.75, 3.05) is 33.3 Å². The molecule has 12 heteroatoms. The highest BCUT2D eigenvalue weighted by molar-refractivity contribution is 7.89. The van der Waals surface area contributed by atoms with Crippen LogP contribution in [0.3, 0.4) is 0 Å². The number of carbonyl (C=O) groups excluding carboxylic acids is 3. The molecule has 1 aromatic heterocycles. The van der Waals surface area contributed by atoms with Crippen LogP contribution in [0.2, 0.25) is 0 Å². The van der Waals surface area contributed by atoms with E-state index in [9.17, 15) is 22.8 Å². The smallest absolute Gasteiger partial charge is 0.310 e. The molecule has 1 aliphatic heterocycles. The van der Waals surface area contributed by atoms with Crippen molar-refractivity contribution in [3.63, 3.8) is 0 Å². The number of aryl methyl sites for hydroxylation is 2. The summed E-state index contributed by atoms with van der Waals surface area (Å²) < 4.78 is 37.3. The predicted molar refractivity (Wildman–Crippen MR) is 114 cm³/mol. The first-order valence-electron chi connectivity index (χ1n) is 10.4. The SMILES string of the molecule is Cc1noc(C)c1S(=O)(=O)N1CCCC(C(=O)OCC(=O)N(C)CC(=O)NC(C)(C)C)C1. The number of carbonyl (C=O) groups is 3. The summed E-state index contributed by atoms with van der Waals surface area (Å²) in [5, 5.41) is 6.44. The van der Waals surface area contributed by atoms with E-state index in [1.807, 2.05) is 20.8 Å². The first-order valence-corrected chi connectivity index (χ1v) is 11.8. The summed E-state index contributed by atoms with van der Waals surface area (Å²) in [7, 11) is -2.43. The molecule has 0 spiro atoms. The molecule has 1 N–H and O–H groups in total. The Bertz CT molecular complexity index is 946. The Morgan fingerprint density at radius 2 is 1.94 bits per heavy atom. The number of likely N-dealkylation sites (N-methyl/N-ethyl adjacent to an activating group) is 1. The van der Waals surface area contributed by atoms with E-state index >= 15 is 0 Å². The molecule has 2 heterocycles. The van der Waals surface area contributed by atoms with Crippen molar-refractivity contribution in [1.29, 1.82) is 0 Å². The van der Waals surface area contributed by atoms with Crippen molar-refractivity contribution < 1.29 is 32.1 Å². The predicted octanol–water partition coefficient (Wildman–Crippen LogP) is 0.608. The number of aromatic nitrogens is 1. The highest BCUT2D eigenvalue weighted by Crippen LogP contribution is 2.28. The van der Waals surface area contributed by atoms with Crippen molar-refractivity contribution in [3.05, 3.63) is 11.5 Å². The van der Waals surface area contributed by atoms with Gasteiger partial charge in [0.25, 0.3) is 5.91 Å². The van der Waals surface area contributed by atoms with E-state index in [2.05, 4.69) is 10.5 Å². The average molecular weight is 473 g/mol. The number of hydrogen-bond donors (Lipinski definition) is 1. The average Bonchev–Trinajstić information content (AvgIpc) is 3.03. The molecule has 32 heavy (non-hydrogen) atoms. The molecule has 0 aliphatic carbocycles. The van der Waals surface area contributed by atoms with Crippen molar-refractivity contribution in [2.45, 2.75) is 57.9 Å². The molecule has 1 atom stereocenters. The van der Waals surface area contributed by atoms with Crippen molar-refractivity contribution >= 4 is 27.8 Å². The van der Waals surface area contributed by atoms with Gasteiger partial charge in [-0.2, -0.15) is 4.31 Å². The highest BCUT2D eigenvalue weighted by Gasteiger charge is 2.37. The maximum Gasteiger partial charge on any atom is 0.310 e. The van der Waals surface area contributed by atoms with Gasteiger partial charge in [0.2, 0.25) is 15.9 Å². The number of ether oxygens (including phenoxy) is 1. The van der Waals surface area contributed by atoms with E-state index in [1.165, 1.54) is 23.2 Å². The maximum atomic E-state index is 13.0. The van der Waals surface area contributed by atoms with Gasteiger partial charge in [-0.25, -0.2) is 8.42 Å². The lowest BCUT2D eigenvalue weighted by atomic mass is 10.00. The van der Waals surface area contributed by atoms with E-state index in [1.54, 1.807) is 6.92 Å². The molecular weight excluding hydrogens is 440 g/mol. The van der Waals surface area contributed by atoms with Gasteiger partial charge in [0, 0.05) is 25.7 Å². The lowest BCUT2D eigenvalue weighted by Crippen LogP contribution is -2.47. The van der Waals surface area contributed by atoms with Gasteiger partial charge in [0.1, 0.15) is 10.6 Å². The molecule has 0 bridgehead atoms. The lowest BCUT2D eigenvalue weighted by Gasteiger charge is -2.30. The number of amides is 2. The van der Waals surface area contributed by atoms with Crippen LogP contribution in [0, 0.1) is 19.8 Å². The molecule has 1 aromatic rings. The molecule has 2 amide bonds. The molecule has 1 unspecified atom stereocenters. The van der Waals surface area contributed by atoms with Crippen molar-refractivity contribution in [1.82, 2.24) is 19.7 Å². The minimum Gasteiger partial charge on any atom is -0.455 e. The zero-order chi connectivity index (χ0) is 24.3. The highest BCUT2D eigenvalue weighted by atomic mass is 32.2. The normalized spacial score (nSPS) is 17.6. The Morgan fingerprint density at radius 3 is 2.50 bits per heavy atom. The molecule has 1 fully saturated rings. The maximum absolute atomic E-state index is 13.0. The van der Waals surface area contributed by atoms with Gasteiger partial charge in [-0.1, -0.05) is 5.16 Å². The second-order valence-electron chi connectivity index (χ2n) is 9.01. The fraction of sp³-hybridized carbons (Fsp3) is 0.700. The third-order valence-corrected chi connectivity index (χ3v) is 7.05. The number of esters is 1. The second kappa shape index (κ2) is 9.99. The van der Waals surface area contributed by atoms with Crippen molar-refractivity contribution in [2.24, 2.45) is 5.92 Å². The fourth-order valence-electron chi connectivity index (χ4n) is 3.45. The van der Waals surface area contributed by atoms with Gasteiger partial charge >= 0.3 is 5.97 Å². The van der Waals surface area contributed by atoms with Gasteiger partial charge in [0.05, 0.1) is 12.5 Å². The summed E-state index contributed by atoms with van der Waals surface area (Å²) in [6.07, 6.45) is 0.924. The Labute approximate surface area is 188 Å². The van der Waals surface area contributed by atoms with Crippen LogP contribution in [0.25, 0.3) is 0 Å². The number of sulfonamides is 1. The number of nitrogens with zero attached hydrogens (tertiary/aromatic N) is 3. The number of hydrogen-bond acceptors (Lipinski definition) is 8. The lowest BCUT2D eigenvalue weighted by molar-refractivity contribution is -0.156. The molecular formula is C20H32N4O7S. The van der Waals surface area contributed by atoms with Crippen LogP contribution in [0.15, 0.2) is 9.42 Å². The Morgan fingerprint density at radius 1 is 1.28 bits per heavy atom. The zero-order valence-electron chi connectivity index (χ0n) is 19.4. The summed E-state index contributed by atoms with van der Waals surface area (Å²) >= 11 is 0. The standard InChI is InChI=1S/C20H32N4O7S/c1-13-18(14(2)31-22-13)32(28,29)24-9-7-8-15(10-24)19(27)30-12-17(26)23(6)11-16(25)21-20(3,4)5/h15H,7-12H2,1-6H3,(H,21,25). The summed E-state index contributed by atoms with van der Waals surface area (Å²) in [5.74, 6) is -2.01. The van der Waals surface area contributed by atoms with Crippen LogP contribution >= 0.6 is 0 Å². The first-order chi connectivity index (χ1) is 14.7. The van der Waals surface area contributed by atoms with Crippen LogP contribution in [-0.2, 0) is 29.1 Å². The fourth-order valence-corrected chi connectivity index (χ4v) is 5.26. The van der Waals surface area contributed by atoms with Crippen LogP contribution in [0.5, 0.6) is 0 Å². The van der Waals surface area contributed by atoms with E-state index < -0.39 is 40.0 Å². The van der Waals surface area contributed by atoms with E-state index in [0.717, 1.165) is 0 Å².